The van der Waals surface area contributed by atoms with Crippen molar-refractivity contribution in [2.75, 3.05) is 11.1 Å². The fourth-order valence-corrected chi connectivity index (χ4v) is 4.27. The average Bonchev–Trinajstić information content (AvgIpc) is 2.69. The number of benzene rings is 3. The molecule has 152 valence electrons. The number of nitrogen functional groups attached to an aromatic ring is 1. The molecule has 3 aromatic carbocycles. The van der Waals surface area contributed by atoms with E-state index in [-0.39, 0.29) is 27.9 Å². The lowest BCUT2D eigenvalue weighted by molar-refractivity contribution is 0.0980. The normalized spacial score (nSPS) is 13.0. The topological polar surface area (TPSA) is 127 Å². The Labute approximate surface area is 173 Å². The summed E-state index contributed by atoms with van der Waals surface area (Å²) in [7, 11) is -4.75. The van der Waals surface area contributed by atoms with Crippen LogP contribution < -0.4 is 11.1 Å². The molecule has 0 amide bonds. The zero-order chi connectivity index (χ0) is 21.8. The number of nitrogens with two attached hydrogens (primary N) is 1. The highest BCUT2D eigenvalue weighted by Crippen LogP contribution is 2.40. The summed E-state index contributed by atoms with van der Waals surface area (Å²) in [5.41, 5.74) is 8.09. The predicted octanol–water partition coefficient (Wildman–Crippen LogP) is 3.65. The van der Waals surface area contributed by atoms with Crippen LogP contribution in [-0.2, 0) is 10.1 Å². The molecule has 0 spiro atoms. The molecule has 0 aliphatic heterocycles. The number of anilines is 3. The van der Waals surface area contributed by atoms with E-state index in [1.165, 1.54) is 12.1 Å². The van der Waals surface area contributed by atoms with Crippen molar-refractivity contribution in [2.45, 2.75) is 18.7 Å². The van der Waals surface area contributed by atoms with Crippen LogP contribution in [0.1, 0.15) is 43.0 Å². The summed E-state index contributed by atoms with van der Waals surface area (Å²) in [6.07, 6.45) is 0. The van der Waals surface area contributed by atoms with Gasteiger partial charge < -0.3 is 11.1 Å². The van der Waals surface area contributed by atoms with E-state index in [1.807, 2.05) is 32.0 Å². The molecule has 0 unspecified atom stereocenters. The van der Waals surface area contributed by atoms with Crippen LogP contribution >= 0.6 is 0 Å². The maximum Gasteiger partial charge on any atom is 0.296 e. The number of ketones is 2. The van der Waals surface area contributed by atoms with Crippen LogP contribution in [0.25, 0.3) is 0 Å². The second-order valence-corrected chi connectivity index (χ2v) is 8.60. The molecule has 4 N–H and O–H groups in total. The first-order valence-electron chi connectivity index (χ1n) is 9.06. The molecule has 1 aliphatic carbocycles. The molecule has 7 nitrogen and oxygen atoms in total. The third-order valence-electron chi connectivity index (χ3n) is 5.14. The molecule has 8 heteroatoms. The van der Waals surface area contributed by atoms with Crippen LogP contribution in [0.4, 0.5) is 17.1 Å². The number of hydrogen-bond acceptors (Lipinski definition) is 6. The largest absolute Gasteiger partial charge is 0.397 e. The quantitative estimate of drug-likeness (QED) is 0.340. The van der Waals surface area contributed by atoms with Gasteiger partial charge in [0.1, 0.15) is 4.90 Å². The van der Waals surface area contributed by atoms with E-state index in [2.05, 4.69) is 5.32 Å². The van der Waals surface area contributed by atoms with E-state index in [1.54, 1.807) is 12.1 Å². The molecule has 0 saturated carbocycles. The third-order valence-corrected chi connectivity index (χ3v) is 6.03. The van der Waals surface area contributed by atoms with E-state index in [4.69, 9.17) is 5.73 Å². The summed E-state index contributed by atoms with van der Waals surface area (Å²) in [6.45, 7) is 3.73. The van der Waals surface area contributed by atoms with E-state index in [0.717, 1.165) is 17.2 Å². The second-order valence-electron chi connectivity index (χ2n) is 7.21. The molecule has 0 radical (unpaired) electrons. The van der Waals surface area contributed by atoms with E-state index in [9.17, 15) is 22.6 Å². The molecule has 0 atom stereocenters. The minimum Gasteiger partial charge on any atom is -0.397 e. The minimum absolute atomic E-state index is 0.0236. The number of hydrogen-bond donors (Lipinski definition) is 3. The Morgan fingerprint density at radius 1 is 0.867 bits per heavy atom. The van der Waals surface area contributed by atoms with Crippen molar-refractivity contribution in [3.05, 3.63) is 81.9 Å². The fourth-order valence-electron chi connectivity index (χ4n) is 3.62. The van der Waals surface area contributed by atoms with Crippen LogP contribution in [0.15, 0.2) is 53.4 Å². The monoisotopic (exact) mass is 422 g/mol. The zero-order valence-electron chi connectivity index (χ0n) is 16.2. The molecule has 0 fully saturated rings. The first kappa shape index (κ1) is 19.8. The molecular formula is C22H18N2O5S. The Hall–Kier alpha value is -3.49. The molecule has 1 aliphatic rings. The third kappa shape index (κ3) is 3.06. The van der Waals surface area contributed by atoms with Gasteiger partial charge in [0.25, 0.3) is 10.1 Å². The number of aryl methyl sites for hydroxylation is 2. The van der Waals surface area contributed by atoms with Crippen molar-refractivity contribution in [3.63, 3.8) is 0 Å². The van der Waals surface area contributed by atoms with Gasteiger partial charge in [-0.25, -0.2) is 0 Å². The average molecular weight is 422 g/mol. The van der Waals surface area contributed by atoms with Gasteiger partial charge in [-0.05, 0) is 37.1 Å². The highest BCUT2D eigenvalue weighted by atomic mass is 32.2. The van der Waals surface area contributed by atoms with Crippen molar-refractivity contribution >= 4 is 38.7 Å². The van der Waals surface area contributed by atoms with Crippen molar-refractivity contribution in [2.24, 2.45) is 0 Å². The van der Waals surface area contributed by atoms with Crippen molar-refractivity contribution in [3.8, 4) is 0 Å². The maximum atomic E-state index is 13.3. The minimum atomic E-state index is -4.75. The van der Waals surface area contributed by atoms with Crippen LogP contribution in [-0.4, -0.2) is 24.5 Å². The fraction of sp³-hybridized carbons (Fsp3) is 0.0909. The summed E-state index contributed by atoms with van der Waals surface area (Å²) in [5.74, 6) is -1.03. The zero-order valence-corrected chi connectivity index (χ0v) is 17.0. The van der Waals surface area contributed by atoms with Crippen molar-refractivity contribution in [1.82, 2.24) is 0 Å². The highest BCUT2D eigenvalue weighted by molar-refractivity contribution is 7.86. The van der Waals surface area contributed by atoms with Crippen molar-refractivity contribution in [1.29, 1.82) is 0 Å². The lowest BCUT2D eigenvalue weighted by atomic mass is 9.82. The molecule has 0 heterocycles. The first-order chi connectivity index (χ1) is 14.1. The van der Waals surface area contributed by atoms with Gasteiger partial charge in [-0.1, -0.05) is 36.4 Å². The van der Waals surface area contributed by atoms with E-state index >= 15 is 0 Å². The van der Waals surface area contributed by atoms with E-state index < -0.39 is 32.3 Å². The summed E-state index contributed by atoms with van der Waals surface area (Å²) < 4.78 is 33.6. The van der Waals surface area contributed by atoms with Gasteiger partial charge in [0, 0.05) is 16.8 Å². The highest BCUT2D eigenvalue weighted by Gasteiger charge is 2.36. The summed E-state index contributed by atoms with van der Waals surface area (Å²) in [6, 6.07) is 13.0. The number of fused-ring (bicyclic) bond motifs is 2. The lowest BCUT2D eigenvalue weighted by Gasteiger charge is -2.24. The first-order valence-corrected chi connectivity index (χ1v) is 10.5. The summed E-state index contributed by atoms with van der Waals surface area (Å²) in [4.78, 5) is 25.8. The van der Waals surface area contributed by atoms with Gasteiger partial charge in [-0.15, -0.1) is 0 Å². The van der Waals surface area contributed by atoms with Crippen LogP contribution in [0.5, 0.6) is 0 Å². The Morgan fingerprint density at radius 2 is 1.47 bits per heavy atom. The molecule has 3 aromatic rings. The second kappa shape index (κ2) is 6.79. The molecule has 0 aromatic heterocycles. The van der Waals surface area contributed by atoms with Gasteiger partial charge in [0.2, 0.25) is 0 Å². The number of carbonyl (C=O) groups is 2. The molecule has 0 saturated heterocycles. The van der Waals surface area contributed by atoms with Gasteiger partial charge in [0.15, 0.2) is 11.6 Å². The van der Waals surface area contributed by atoms with Crippen LogP contribution in [0.3, 0.4) is 0 Å². The summed E-state index contributed by atoms with van der Waals surface area (Å²) in [5, 5.41) is 3.06. The lowest BCUT2D eigenvalue weighted by Crippen LogP contribution is -2.25. The van der Waals surface area contributed by atoms with Gasteiger partial charge in [-0.2, -0.15) is 8.42 Å². The Balaban J connectivity index is 2.05. The van der Waals surface area contributed by atoms with E-state index in [0.29, 0.717) is 5.69 Å². The molecule has 30 heavy (non-hydrogen) atoms. The smallest absolute Gasteiger partial charge is 0.296 e. The maximum absolute atomic E-state index is 13.3. The van der Waals surface area contributed by atoms with Gasteiger partial charge >= 0.3 is 0 Å². The number of nitrogens with one attached hydrogen (secondary N) is 1. The van der Waals surface area contributed by atoms with Gasteiger partial charge in [-0.3, -0.25) is 14.1 Å². The van der Waals surface area contributed by atoms with Gasteiger partial charge in [0.05, 0.1) is 22.5 Å². The Bertz CT molecular complexity index is 1360. The van der Waals surface area contributed by atoms with Crippen molar-refractivity contribution < 1.29 is 22.6 Å². The Kier molecular flexibility index (Phi) is 4.48. The molecule has 4 rings (SSSR count). The predicted molar refractivity (Wildman–Crippen MR) is 113 cm³/mol. The summed E-state index contributed by atoms with van der Waals surface area (Å²) >= 11 is 0. The number of carbonyl (C=O) groups excluding carboxylic acids is 2. The van der Waals surface area contributed by atoms with Crippen LogP contribution in [0.2, 0.25) is 0 Å². The standard InChI is InChI=1S/C22H18N2O5S/c1-11-7-8-12(2)15(9-11)24-16-10-17(30(27,28)29)20(23)19-18(16)21(25)13-5-3-4-6-14(13)22(19)26/h3-10,24H,23H2,1-2H3,(H,27,28,29). The number of rotatable bonds is 3. The van der Waals surface area contributed by atoms with Crippen LogP contribution in [0, 0.1) is 13.8 Å². The molecule has 0 bridgehead atoms. The SMILES string of the molecule is Cc1ccc(C)c(Nc2cc(S(=O)(=O)O)c(N)c3c2C(=O)c2ccccc2C3=O)c1. The molecular weight excluding hydrogens is 404 g/mol. The Morgan fingerprint density at radius 3 is 2.07 bits per heavy atom.